The minimum absolute atomic E-state index is 0.275. The maximum atomic E-state index is 5.81. The van der Waals surface area contributed by atoms with Crippen molar-refractivity contribution >= 4 is 73.2 Å². The molecule has 0 atom stereocenters. The Morgan fingerprint density at radius 2 is 0.694 bits per heavy atom. The van der Waals surface area contributed by atoms with Gasteiger partial charge in [-0.25, -0.2) is 0 Å². The largest absolute Gasteiger partial charge is 0.463 e. The lowest BCUT2D eigenvalue weighted by Crippen LogP contribution is -2.10. The number of rotatable bonds is 27. The molecule has 0 aliphatic carbocycles. The van der Waals surface area contributed by atoms with Crippen molar-refractivity contribution in [2.24, 2.45) is 0 Å². The summed E-state index contributed by atoms with van der Waals surface area (Å²) in [5.41, 5.74) is 0. The Morgan fingerprint density at radius 1 is 0.417 bits per heavy atom. The van der Waals surface area contributed by atoms with Crippen LogP contribution in [0.4, 0.5) is 0 Å². The number of nitrogens with zero attached hydrogens (tertiary/aromatic N) is 3. The van der Waals surface area contributed by atoms with Gasteiger partial charge in [0.1, 0.15) is 0 Å². The Bertz CT molecular complexity index is 529. The number of aromatic nitrogens is 3. The van der Waals surface area contributed by atoms with Crippen LogP contribution in [0.3, 0.4) is 0 Å². The van der Waals surface area contributed by atoms with Crippen molar-refractivity contribution in [2.45, 2.75) is 57.8 Å². The van der Waals surface area contributed by atoms with E-state index in [0.29, 0.717) is 19.8 Å². The molecule has 1 rings (SSSR count). The summed E-state index contributed by atoms with van der Waals surface area (Å²) in [4.78, 5) is 13.0. The highest BCUT2D eigenvalue weighted by Gasteiger charge is 2.10. The molecular formula is C24H45N3O3S6. The molecule has 210 valence electrons. The van der Waals surface area contributed by atoms with Crippen molar-refractivity contribution in [3.05, 3.63) is 0 Å². The van der Waals surface area contributed by atoms with Gasteiger partial charge in [0, 0.05) is 0 Å². The molecule has 0 bridgehead atoms. The van der Waals surface area contributed by atoms with Crippen molar-refractivity contribution in [2.75, 3.05) is 71.6 Å². The second kappa shape index (κ2) is 27.1. The first kappa shape index (κ1) is 34.5. The maximum absolute atomic E-state index is 5.81. The quantitative estimate of drug-likeness (QED) is 0.0759. The monoisotopic (exact) mass is 615 g/mol. The van der Waals surface area contributed by atoms with Crippen LogP contribution < -0.4 is 14.2 Å². The van der Waals surface area contributed by atoms with Gasteiger partial charge in [0.05, 0.1) is 19.8 Å². The zero-order chi connectivity index (χ0) is 25.9. The number of hydrogen-bond donors (Lipinski definition) is 3. The molecule has 0 saturated carbocycles. The highest BCUT2D eigenvalue weighted by molar-refractivity contribution is 7.99. The normalized spacial score (nSPS) is 11.1. The molecule has 0 amide bonds. The minimum atomic E-state index is 0.275. The Kier molecular flexibility index (Phi) is 26.0. The van der Waals surface area contributed by atoms with Crippen LogP contribution in [0.25, 0.3) is 0 Å². The lowest BCUT2D eigenvalue weighted by molar-refractivity contribution is 0.236. The zero-order valence-corrected chi connectivity index (χ0v) is 26.6. The average molecular weight is 616 g/mol. The molecule has 0 fully saturated rings. The summed E-state index contributed by atoms with van der Waals surface area (Å²) in [6, 6.07) is 0.826. The lowest BCUT2D eigenvalue weighted by atomic mass is 10.4. The minimum Gasteiger partial charge on any atom is -0.463 e. The van der Waals surface area contributed by atoms with E-state index < -0.39 is 0 Å². The zero-order valence-electron chi connectivity index (χ0n) is 21.5. The molecule has 0 spiro atoms. The Balaban J connectivity index is 2.40. The predicted octanol–water partition coefficient (Wildman–Crippen LogP) is 6.51. The fraction of sp³-hybridized carbons (Fsp3) is 0.875. The number of thiol groups is 3. The third-order valence-electron chi connectivity index (χ3n) is 4.66. The van der Waals surface area contributed by atoms with E-state index in [-0.39, 0.29) is 18.0 Å². The van der Waals surface area contributed by atoms with Gasteiger partial charge < -0.3 is 14.2 Å². The summed E-state index contributed by atoms with van der Waals surface area (Å²) in [6.07, 6.45) is 9.99. The van der Waals surface area contributed by atoms with Crippen molar-refractivity contribution in [1.82, 2.24) is 15.0 Å². The molecule has 0 radical (unpaired) electrons. The number of hydrogen-bond acceptors (Lipinski definition) is 12. The first-order valence-corrected chi connectivity index (χ1v) is 18.4. The molecule has 0 aliphatic heterocycles. The molecule has 0 saturated heterocycles. The van der Waals surface area contributed by atoms with Crippen LogP contribution in [0.5, 0.6) is 18.0 Å². The molecular weight excluding hydrogens is 571 g/mol. The molecule has 0 aromatic carbocycles. The average Bonchev–Trinajstić information content (AvgIpc) is 2.89. The van der Waals surface area contributed by atoms with Gasteiger partial charge in [-0.2, -0.15) is 73.2 Å². The Morgan fingerprint density at radius 3 is 0.972 bits per heavy atom. The van der Waals surface area contributed by atoms with E-state index >= 15 is 0 Å². The van der Waals surface area contributed by atoms with Crippen molar-refractivity contribution in [1.29, 1.82) is 0 Å². The third kappa shape index (κ3) is 21.4. The van der Waals surface area contributed by atoms with Gasteiger partial charge in [-0.1, -0.05) is 0 Å². The van der Waals surface area contributed by atoms with E-state index in [1.807, 2.05) is 35.3 Å². The van der Waals surface area contributed by atoms with Crippen LogP contribution in [-0.2, 0) is 0 Å². The van der Waals surface area contributed by atoms with E-state index in [4.69, 9.17) is 14.2 Å². The molecule has 6 nitrogen and oxygen atoms in total. The second-order valence-corrected chi connectivity index (χ2v) is 12.9. The fourth-order valence-corrected chi connectivity index (χ4v) is 6.22. The van der Waals surface area contributed by atoms with Crippen molar-refractivity contribution in [3.8, 4) is 18.0 Å². The number of unbranched alkanes of at least 4 members (excludes halogenated alkanes) is 3. The van der Waals surface area contributed by atoms with E-state index in [1.54, 1.807) is 0 Å². The Labute approximate surface area is 248 Å². The summed E-state index contributed by atoms with van der Waals surface area (Å²) in [7, 11) is 0. The highest BCUT2D eigenvalue weighted by atomic mass is 32.2. The summed E-state index contributed by atoms with van der Waals surface area (Å²) in [6.45, 7) is 1.69. The summed E-state index contributed by atoms with van der Waals surface area (Å²) >= 11 is 18.6. The fourth-order valence-electron chi connectivity index (χ4n) is 2.74. The van der Waals surface area contributed by atoms with Gasteiger partial charge in [0.2, 0.25) is 0 Å². The van der Waals surface area contributed by atoms with Crippen LogP contribution in [0.1, 0.15) is 57.8 Å². The first-order valence-electron chi connectivity index (χ1n) is 13.0. The van der Waals surface area contributed by atoms with Gasteiger partial charge in [0.15, 0.2) is 0 Å². The van der Waals surface area contributed by atoms with E-state index in [2.05, 4.69) is 52.8 Å². The van der Waals surface area contributed by atoms with Gasteiger partial charge in [-0.15, -0.1) is 15.0 Å². The molecule has 1 aromatic rings. The van der Waals surface area contributed by atoms with Crippen LogP contribution in [0.15, 0.2) is 0 Å². The SMILES string of the molecule is SCCCCSCCCOc1nc(OCCCSCCCCS)nc(OCCCSCCCCS)n1. The lowest BCUT2D eigenvalue weighted by Gasteiger charge is -2.10. The molecule has 12 heteroatoms. The number of thioether (sulfide) groups is 3. The molecule has 1 aromatic heterocycles. The van der Waals surface area contributed by atoms with E-state index in [0.717, 1.165) is 53.8 Å². The van der Waals surface area contributed by atoms with E-state index in [9.17, 15) is 0 Å². The number of ether oxygens (including phenoxy) is 3. The Hall–Kier alpha value is 0.510. The van der Waals surface area contributed by atoms with Gasteiger partial charge in [-0.3, -0.25) is 0 Å². The van der Waals surface area contributed by atoms with Crippen LogP contribution >= 0.6 is 73.2 Å². The highest BCUT2D eigenvalue weighted by Crippen LogP contribution is 2.17. The van der Waals surface area contributed by atoms with Gasteiger partial charge in [0.25, 0.3) is 0 Å². The van der Waals surface area contributed by atoms with Crippen LogP contribution in [0.2, 0.25) is 0 Å². The predicted molar refractivity (Wildman–Crippen MR) is 171 cm³/mol. The first-order chi connectivity index (χ1) is 17.8. The van der Waals surface area contributed by atoms with Crippen molar-refractivity contribution < 1.29 is 14.2 Å². The van der Waals surface area contributed by atoms with Crippen LogP contribution in [0, 0.1) is 0 Å². The maximum Gasteiger partial charge on any atom is 0.325 e. The molecule has 1 heterocycles. The molecule has 36 heavy (non-hydrogen) atoms. The van der Waals surface area contributed by atoms with Gasteiger partial charge >= 0.3 is 18.0 Å². The van der Waals surface area contributed by atoms with E-state index in [1.165, 1.54) is 55.8 Å². The molecule has 0 N–H and O–H groups in total. The molecule has 0 unspecified atom stereocenters. The smallest absolute Gasteiger partial charge is 0.325 e. The summed E-state index contributed by atoms with van der Waals surface area (Å²) in [5, 5.41) is 0. The van der Waals surface area contributed by atoms with Crippen molar-refractivity contribution in [3.63, 3.8) is 0 Å². The topological polar surface area (TPSA) is 66.4 Å². The van der Waals surface area contributed by atoms with Crippen LogP contribution in [-0.4, -0.2) is 86.5 Å². The standard InChI is InChI=1S/C24H45N3O3S6/c31-13-1-4-16-34-19-7-10-28-22-25-23(29-11-8-20-35-17-5-2-14-32)27-24(26-22)30-12-9-21-36-18-6-3-15-33/h31-33H,1-21H2. The second-order valence-electron chi connectivity index (χ2n) is 7.92. The summed E-state index contributed by atoms with van der Waals surface area (Å²) < 4.78 is 17.4. The third-order valence-corrected chi connectivity index (χ3v) is 9.07. The van der Waals surface area contributed by atoms with Gasteiger partial charge in [-0.05, 0) is 110 Å². The molecule has 0 aliphatic rings. The summed E-state index contributed by atoms with van der Waals surface area (Å²) in [5.74, 6) is 9.56.